The first kappa shape index (κ1) is 21.0. The van der Waals surface area contributed by atoms with E-state index in [1.54, 1.807) is 14.2 Å². The second-order valence-corrected chi connectivity index (χ2v) is 9.36. The molecule has 8 heteroatoms. The Balaban J connectivity index is 1.92. The van der Waals surface area contributed by atoms with Gasteiger partial charge in [-0.05, 0) is 112 Å². The molecule has 0 atom stereocenters. The summed E-state index contributed by atoms with van der Waals surface area (Å²) >= 11 is 14.4. The summed E-state index contributed by atoms with van der Waals surface area (Å²) in [5, 5.41) is 0. The molecule has 0 saturated heterocycles. The summed E-state index contributed by atoms with van der Waals surface area (Å²) in [6.45, 7) is 0. The molecule has 0 saturated carbocycles. The molecule has 150 valence electrons. The van der Waals surface area contributed by atoms with E-state index in [1.807, 2.05) is 48.5 Å². The smallest absolute Gasteiger partial charge is 0.305 e. The molecule has 0 aromatic heterocycles. The Morgan fingerprint density at radius 3 is 1.24 bits per heavy atom. The van der Waals surface area contributed by atoms with Crippen LogP contribution in [0.15, 0.2) is 66.4 Å². The number of ether oxygens (including phenoxy) is 4. The maximum Gasteiger partial charge on any atom is 0.305 e. The van der Waals surface area contributed by atoms with Gasteiger partial charge in [0.1, 0.15) is 11.5 Å². The first-order valence-electron chi connectivity index (χ1n) is 8.44. The van der Waals surface area contributed by atoms with Crippen LogP contribution in [0.4, 0.5) is 0 Å². The van der Waals surface area contributed by atoms with E-state index in [4.69, 9.17) is 18.9 Å². The Morgan fingerprint density at radius 2 is 0.931 bits per heavy atom. The van der Waals surface area contributed by atoms with Crippen LogP contribution in [0.25, 0.3) is 0 Å². The lowest BCUT2D eigenvalue weighted by Crippen LogP contribution is -2.36. The van der Waals surface area contributed by atoms with Crippen molar-refractivity contribution in [3.05, 3.63) is 77.5 Å². The zero-order valence-electron chi connectivity index (χ0n) is 15.3. The molecule has 1 heterocycles. The molecular weight excluding hydrogens is 636 g/mol. The van der Waals surface area contributed by atoms with Crippen molar-refractivity contribution in [3.8, 4) is 23.0 Å². The summed E-state index contributed by atoms with van der Waals surface area (Å²) in [5.41, 5.74) is 1.65. The Bertz CT molecular complexity index is 979. The van der Waals surface area contributed by atoms with Gasteiger partial charge in [-0.2, -0.15) is 0 Å². The lowest BCUT2D eigenvalue weighted by molar-refractivity contribution is -0.0465. The van der Waals surface area contributed by atoms with Crippen molar-refractivity contribution in [3.63, 3.8) is 0 Å². The summed E-state index contributed by atoms with van der Waals surface area (Å²) in [4.78, 5) is 0. The van der Waals surface area contributed by atoms with Crippen LogP contribution in [-0.4, -0.2) is 14.2 Å². The van der Waals surface area contributed by atoms with Crippen LogP contribution in [0.5, 0.6) is 23.0 Å². The van der Waals surface area contributed by atoms with Gasteiger partial charge in [-0.1, -0.05) is 0 Å². The van der Waals surface area contributed by atoms with E-state index < -0.39 is 5.79 Å². The van der Waals surface area contributed by atoms with Gasteiger partial charge in [-0.15, -0.1) is 0 Å². The van der Waals surface area contributed by atoms with E-state index in [9.17, 15) is 0 Å². The molecule has 0 unspecified atom stereocenters. The molecule has 0 radical (unpaired) electrons. The predicted molar refractivity (Wildman–Crippen MR) is 125 cm³/mol. The minimum absolute atomic E-state index is 0.596. The Labute approximate surface area is 202 Å². The molecule has 0 N–H and O–H groups in total. The monoisotopic (exact) mass is 646 g/mol. The van der Waals surface area contributed by atoms with E-state index >= 15 is 0 Å². The Kier molecular flexibility index (Phi) is 5.90. The zero-order chi connectivity index (χ0) is 20.8. The molecule has 1 aliphatic rings. The molecule has 0 fully saturated rings. The quantitative estimate of drug-likeness (QED) is 0.218. The van der Waals surface area contributed by atoms with Crippen LogP contribution in [0.3, 0.4) is 0 Å². The van der Waals surface area contributed by atoms with Gasteiger partial charge in [-0.25, -0.2) is 0 Å². The maximum absolute atomic E-state index is 6.53. The standard InChI is InChI=1S/C21H14Br4O4/c1-26-13-7-3-11(4-8-13)21(12-5-9-14(27-2)10-6-12)28-19-17(24)15(22)16(23)18(25)20(19)29-21/h3-10H,1-2H3. The fourth-order valence-corrected chi connectivity index (χ4v) is 5.31. The van der Waals surface area contributed by atoms with Crippen LogP contribution in [0.2, 0.25) is 0 Å². The summed E-state index contributed by atoms with van der Waals surface area (Å²) < 4.78 is 26.8. The van der Waals surface area contributed by atoms with Crippen molar-refractivity contribution in [1.82, 2.24) is 0 Å². The summed E-state index contributed by atoms with van der Waals surface area (Å²) in [6, 6.07) is 15.3. The van der Waals surface area contributed by atoms with Crippen LogP contribution in [0, 0.1) is 0 Å². The molecule has 0 bridgehead atoms. The molecule has 3 aromatic rings. The fraction of sp³-hybridized carbons (Fsp3) is 0.143. The lowest BCUT2D eigenvalue weighted by Gasteiger charge is -2.29. The largest absolute Gasteiger partial charge is 0.497 e. The zero-order valence-corrected chi connectivity index (χ0v) is 21.6. The molecule has 4 rings (SSSR count). The summed E-state index contributed by atoms with van der Waals surface area (Å²) in [6.07, 6.45) is 0. The first-order chi connectivity index (χ1) is 13.9. The van der Waals surface area contributed by atoms with E-state index in [2.05, 4.69) is 63.7 Å². The van der Waals surface area contributed by atoms with Crippen molar-refractivity contribution in [2.24, 2.45) is 0 Å². The predicted octanol–water partition coefficient (Wildman–Crippen LogP) is 7.43. The van der Waals surface area contributed by atoms with Gasteiger partial charge in [0.05, 0.1) is 32.1 Å². The van der Waals surface area contributed by atoms with Crippen molar-refractivity contribution in [1.29, 1.82) is 0 Å². The van der Waals surface area contributed by atoms with E-state index in [0.717, 1.165) is 40.5 Å². The summed E-state index contributed by atoms with van der Waals surface area (Å²) in [7, 11) is 3.27. The highest BCUT2D eigenvalue weighted by Crippen LogP contribution is 2.58. The van der Waals surface area contributed by atoms with Crippen LogP contribution >= 0.6 is 63.7 Å². The third-order valence-corrected chi connectivity index (χ3v) is 9.31. The highest BCUT2D eigenvalue weighted by molar-refractivity contribution is 9.15. The Morgan fingerprint density at radius 1 is 0.586 bits per heavy atom. The topological polar surface area (TPSA) is 36.9 Å². The normalized spacial score (nSPS) is 14.0. The van der Waals surface area contributed by atoms with Gasteiger partial charge in [-0.3, -0.25) is 0 Å². The second kappa shape index (κ2) is 8.13. The number of hydrogen-bond acceptors (Lipinski definition) is 4. The number of rotatable bonds is 4. The highest BCUT2D eigenvalue weighted by Gasteiger charge is 2.48. The molecule has 1 aliphatic heterocycles. The average molecular weight is 650 g/mol. The lowest BCUT2D eigenvalue weighted by atomic mass is 9.97. The van der Waals surface area contributed by atoms with Crippen molar-refractivity contribution in [2.45, 2.75) is 5.79 Å². The molecule has 29 heavy (non-hydrogen) atoms. The van der Waals surface area contributed by atoms with Crippen molar-refractivity contribution >= 4 is 63.7 Å². The second-order valence-electron chi connectivity index (χ2n) is 6.19. The number of methoxy groups -OCH3 is 2. The van der Waals surface area contributed by atoms with E-state index in [0.29, 0.717) is 11.5 Å². The third kappa shape index (κ3) is 3.48. The summed E-state index contributed by atoms with van der Waals surface area (Å²) in [5.74, 6) is 1.52. The number of halogens is 4. The van der Waals surface area contributed by atoms with Gasteiger partial charge in [0, 0.05) is 11.1 Å². The number of benzene rings is 3. The molecule has 0 amide bonds. The van der Waals surface area contributed by atoms with Crippen molar-refractivity contribution in [2.75, 3.05) is 14.2 Å². The Hall–Kier alpha value is -1.22. The maximum atomic E-state index is 6.53. The fourth-order valence-electron chi connectivity index (χ4n) is 3.11. The van der Waals surface area contributed by atoms with Gasteiger partial charge >= 0.3 is 5.79 Å². The molecule has 0 aliphatic carbocycles. The van der Waals surface area contributed by atoms with Crippen LogP contribution < -0.4 is 18.9 Å². The van der Waals surface area contributed by atoms with E-state index in [-0.39, 0.29) is 0 Å². The number of hydrogen-bond donors (Lipinski definition) is 0. The SMILES string of the molecule is COc1ccc(C2(c3ccc(OC)cc3)Oc3c(Br)c(Br)c(Br)c(Br)c3O2)cc1. The molecule has 3 aromatic carbocycles. The van der Waals surface area contributed by atoms with Crippen LogP contribution in [0.1, 0.15) is 11.1 Å². The first-order valence-corrected chi connectivity index (χ1v) is 11.6. The average Bonchev–Trinajstić information content (AvgIpc) is 3.18. The van der Waals surface area contributed by atoms with Crippen molar-refractivity contribution < 1.29 is 18.9 Å². The third-order valence-electron chi connectivity index (χ3n) is 4.61. The highest BCUT2D eigenvalue weighted by atomic mass is 79.9. The van der Waals surface area contributed by atoms with Gasteiger partial charge in [0.25, 0.3) is 0 Å². The van der Waals surface area contributed by atoms with Gasteiger partial charge < -0.3 is 18.9 Å². The van der Waals surface area contributed by atoms with Gasteiger partial charge in [0.2, 0.25) is 0 Å². The van der Waals surface area contributed by atoms with Gasteiger partial charge in [0.15, 0.2) is 11.5 Å². The minimum atomic E-state index is -1.17. The number of fused-ring (bicyclic) bond motifs is 1. The van der Waals surface area contributed by atoms with E-state index in [1.165, 1.54) is 0 Å². The molecular formula is C21H14Br4O4. The molecule has 4 nitrogen and oxygen atoms in total. The van der Waals surface area contributed by atoms with Crippen LogP contribution in [-0.2, 0) is 5.79 Å². The molecule has 0 spiro atoms. The minimum Gasteiger partial charge on any atom is -0.497 e.